The van der Waals surface area contributed by atoms with Gasteiger partial charge in [0.15, 0.2) is 5.78 Å². The normalized spacial score (nSPS) is 25.5. The first-order valence-corrected chi connectivity index (χ1v) is 6.13. The Labute approximate surface area is 108 Å². The van der Waals surface area contributed by atoms with Gasteiger partial charge in [-0.1, -0.05) is 38.2 Å². The van der Waals surface area contributed by atoms with Gasteiger partial charge >= 0.3 is 0 Å². The smallest absolute Gasteiger partial charge is 0.221 e. The van der Waals surface area contributed by atoms with E-state index in [0.29, 0.717) is 11.3 Å². The first-order valence-electron chi connectivity index (χ1n) is 6.13. The summed E-state index contributed by atoms with van der Waals surface area (Å²) in [5.74, 6) is 0.0713. The van der Waals surface area contributed by atoms with Crippen molar-refractivity contribution < 1.29 is 9.59 Å². The first-order chi connectivity index (χ1) is 8.54. The van der Waals surface area contributed by atoms with Gasteiger partial charge in [-0.3, -0.25) is 9.59 Å². The molecule has 0 aromatic heterocycles. The van der Waals surface area contributed by atoms with Crippen LogP contribution >= 0.6 is 0 Å². The summed E-state index contributed by atoms with van der Waals surface area (Å²) in [6.45, 7) is 5.39. The van der Waals surface area contributed by atoms with E-state index in [-0.39, 0.29) is 17.6 Å². The molecule has 0 radical (unpaired) electrons. The number of Topliss-reactive ketones (excluding diaryl/α,β-unsaturated/α-hetero) is 1. The number of carbonyl (C=O) groups is 2. The van der Waals surface area contributed by atoms with E-state index in [0.717, 1.165) is 6.42 Å². The molecule has 0 fully saturated rings. The predicted molar refractivity (Wildman–Crippen MR) is 72.7 cm³/mol. The van der Waals surface area contributed by atoms with Crippen molar-refractivity contribution in [3.8, 4) is 0 Å². The van der Waals surface area contributed by atoms with Crippen LogP contribution in [0.1, 0.15) is 27.2 Å². The SMILES string of the molecule is CCC(C)C(=O)C1=C/C=C\C(NC(C)=O)=C/C=C\1. The van der Waals surface area contributed by atoms with Gasteiger partial charge < -0.3 is 5.32 Å². The number of hydrogen-bond acceptors (Lipinski definition) is 2. The van der Waals surface area contributed by atoms with Crippen molar-refractivity contribution in [3.63, 3.8) is 0 Å². The third kappa shape index (κ3) is 4.17. The number of ketones is 1. The van der Waals surface area contributed by atoms with Gasteiger partial charge in [0.05, 0.1) is 0 Å². The fourth-order valence-corrected chi connectivity index (χ4v) is 1.54. The molecule has 1 amide bonds. The minimum Gasteiger partial charge on any atom is -0.326 e. The van der Waals surface area contributed by atoms with E-state index < -0.39 is 0 Å². The molecule has 0 aliphatic heterocycles. The van der Waals surface area contributed by atoms with Crippen LogP contribution in [-0.4, -0.2) is 11.7 Å². The van der Waals surface area contributed by atoms with Crippen molar-refractivity contribution in [1.29, 1.82) is 0 Å². The highest BCUT2D eigenvalue weighted by Crippen LogP contribution is 2.13. The molecule has 0 aromatic carbocycles. The van der Waals surface area contributed by atoms with Crippen LogP contribution in [0.2, 0.25) is 0 Å². The van der Waals surface area contributed by atoms with Crippen molar-refractivity contribution in [2.45, 2.75) is 27.2 Å². The summed E-state index contributed by atoms with van der Waals surface area (Å²) in [5, 5.41) is 2.70. The second-order valence-electron chi connectivity index (χ2n) is 4.32. The average molecular weight is 245 g/mol. The fraction of sp³-hybridized carbons (Fsp3) is 0.333. The predicted octanol–water partition coefficient (Wildman–Crippen LogP) is 2.67. The van der Waals surface area contributed by atoms with Gasteiger partial charge in [0.1, 0.15) is 0 Å². The summed E-state index contributed by atoms with van der Waals surface area (Å²) >= 11 is 0. The Hall–Kier alpha value is -1.90. The van der Waals surface area contributed by atoms with E-state index in [4.69, 9.17) is 0 Å². The summed E-state index contributed by atoms with van der Waals surface area (Å²) in [6.07, 6.45) is 11.5. The molecule has 0 saturated heterocycles. The number of amides is 1. The van der Waals surface area contributed by atoms with Crippen LogP contribution in [0.3, 0.4) is 0 Å². The number of hydrogen-bond donors (Lipinski definition) is 1. The highest BCUT2D eigenvalue weighted by Gasteiger charge is 2.13. The van der Waals surface area contributed by atoms with Crippen molar-refractivity contribution in [2.75, 3.05) is 0 Å². The Balaban J connectivity index is 2.81. The molecule has 1 aliphatic carbocycles. The summed E-state index contributed by atoms with van der Waals surface area (Å²) in [7, 11) is 0. The topological polar surface area (TPSA) is 46.2 Å². The molecule has 1 unspecified atom stereocenters. The second kappa shape index (κ2) is 6.74. The maximum atomic E-state index is 12.0. The Bertz CT molecular complexity index is 453. The molecular weight excluding hydrogens is 226 g/mol. The molecule has 0 spiro atoms. The third-order valence-corrected chi connectivity index (χ3v) is 2.77. The van der Waals surface area contributed by atoms with Crippen LogP contribution in [0.25, 0.3) is 0 Å². The molecule has 1 rings (SSSR count). The highest BCUT2D eigenvalue weighted by atomic mass is 16.1. The van der Waals surface area contributed by atoms with E-state index in [2.05, 4.69) is 5.32 Å². The van der Waals surface area contributed by atoms with E-state index in [1.54, 1.807) is 36.5 Å². The van der Waals surface area contributed by atoms with E-state index in [1.165, 1.54) is 6.92 Å². The van der Waals surface area contributed by atoms with Crippen LogP contribution in [0, 0.1) is 5.92 Å². The number of allylic oxidation sites excluding steroid dienone is 7. The first kappa shape index (κ1) is 14.2. The minimum atomic E-state index is -0.111. The molecule has 1 aliphatic rings. The molecule has 1 N–H and O–H groups in total. The lowest BCUT2D eigenvalue weighted by Crippen LogP contribution is -2.17. The van der Waals surface area contributed by atoms with Gasteiger partial charge in [-0.2, -0.15) is 0 Å². The summed E-state index contributed by atoms with van der Waals surface area (Å²) in [5.41, 5.74) is 1.41. The summed E-state index contributed by atoms with van der Waals surface area (Å²) < 4.78 is 0. The second-order valence-corrected chi connectivity index (χ2v) is 4.32. The van der Waals surface area contributed by atoms with Crippen LogP contribution in [0.5, 0.6) is 0 Å². The Morgan fingerprint density at radius 3 is 2.50 bits per heavy atom. The van der Waals surface area contributed by atoms with Crippen LogP contribution < -0.4 is 5.32 Å². The quantitative estimate of drug-likeness (QED) is 0.827. The lowest BCUT2D eigenvalue weighted by atomic mass is 9.96. The van der Waals surface area contributed by atoms with Gasteiger partial charge in [-0.25, -0.2) is 0 Å². The Morgan fingerprint density at radius 2 is 1.89 bits per heavy atom. The molecule has 18 heavy (non-hydrogen) atoms. The largest absolute Gasteiger partial charge is 0.326 e. The van der Waals surface area contributed by atoms with Crippen LogP contribution in [0.15, 0.2) is 47.7 Å². The standard InChI is InChI=1S/C15H19NO2/c1-4-11(2)15(18)13-7-5-9-14(10-6-8-13)16-12(3)17/h5-11H,4H2,1-3H3,(H,16,17)/b7-5-,8-6?,9-5?,10-6-,13-7?,13-8+,14-9+,14-10?. The molecule has 0 bridgehead atoms. The van der Waals surface area contributed by atoms with Crippen molar-refractivity contribution >= 4 is 11.7 Å². The zero-order valence-electron chi connectivity index (χ0n) is 11.1. The fourth-order valence-electron chi connectivity index (χ4n) is 1.54. The minimum absolute atomic E-state index is 0.0347. The third-order valence-electron chi connectivity index (χ3n) is 2.77. The van der Waals surface area contributed by atoms with Crippen LogP contribution in [0.4, 0.5) is 0 Å². The molecule has 96 valence electrons. The van der Waals surface area contributed by atoms with E-state index in [9.17, 15) is 9.59 Å². The molecule has 1 atom stereocenters. The number of carbonyl (C=O) groups excluding carboxylic acids is 2. The lowest BCUT2D eigenvalue weighted by Gasteiger charge is -2.08. The van der Waals surface area contributed by atoms with Crippen LogP contribution in [-0.2, 0) is 9.59 Å². The number of nitrogens with one attached hydrogen (secondary N) is 1. The Kier molecular flexibility index (Phi) is 5.31. The Morgan fingerprint density at radius 1 is 1.22 bits per heavy atom. The van der Waals surface area contributed by atoms with Gasteiger partial charge in [-0.15, -0.1) is 0 Å². The zero-order chi connectivity index (χ0) is 13.5. The van der Waals surface area contributed by atoms with Crippen molar-refractivity contribution in [1.82, 2.24) is 5.32 Å². The van der Waals surface area contributed by atoms with Gasteiger partial charge in [0.2, 0.25) is 5.91 Å². The van der Waals surface area contributed by atoms with Gasteiger partial charge in [-0.05, 0) is 18.6 Å². The zero-order valence-corrected chi connectivity index (χ0v) is 11.1. The van der Waals surface area contributed by atoms with Crippen molar-refractivity contribution in [3.05, 3.63) is 47.7 Å². The molecular formula is C15H19NO2. The molecule has 3 nitrogen and oxygen atoms in total. The van der Waals surface area contributed by atoms with Gasteiger partial charge in [0, 0.05) is 24.1 Å². The van der Waals surface area contributed by atoms with Crippen molar-refractivity contribution in [2.24, 2.45) is 5.92 Å². The average Bonchev–Trinajstić information content (AvgIpc) is 2.30. The molecule has 0 aromatic rings. The molecule has 0 saturated carbocycles. The maximum absolute atomic E-state index is 12.0. The molecule has 3 heteroatoms. The van der Waals surface area contributed by atoms with E-state index >= 15 is 0 Å². The number of rotatable bonds is 4. The summed E-state index contributed by atoms with van der Waals surface area (Å²) in [4.78, 5) is 22.9. The highest BCUT2D eigenvalue weighted by molar-refractivity contribution is 5.99. The lowest BCUT2D eigenvalue weighted by molar-refractivity contribution is -0.119. The van der Waals surface area contributed by atoms with Gasteiger partial charge in [0.25, 0.3) is 0 Å². The maximum Gasteiger partial charge on any atom is 0.221 e. The molecule has 0 heterocycles. The summed E-state index contributed by atoms with van der Waals surface area (Å²) in [6, 6.07) is 0. The van der Waals surface area contributed by atoms with E-state index in [1.807, 2.05) is 13.8 Å². The monoisotopic (exact) mass is 245 g/mol.